The molecule has 4 heteroatoms. The molecule has 170 valence electrons. The maximum atomic E-state index is 7.26. The lowest BCUT2D eigenvalue weighted by atomic mass is 9.43. The van der Waals surface area contributed by atoms with Crippen LogP contribution < -0.4 is 0 Å². The fraction of sp³-hybridized carbons (Fsp3) is 0.923. The third kappa shape index (κ3) is 2.85. The van der Waals surface area contributed by atoms with Crippen LogP contribution in [0.5, 0.6) is 0 Å². The lowest BCUT2D eigenvalue weighted by molar-refractivity contribution is -0.238. The van der Waals surface area contributed by atoms with E-state index >= 15 is 0 Å². The first-order valence-electron chi connectivity index (χ1n) is 12.6. The maximum absolute atomic E-state index is 7.26. The van der Waals surface area contributed by atoms with Gasteiger partial charge in [0.25, 0.3) is 0 Å². The lowest BCUT2D eigenvalue weighted by Gasteiger charge is -2.63. The van der Waals surface area contributed by atoms with Gasteiger partial charge < -0.3 is 13.9 Å². The van der Waals surface area contributed by atoms with Gasteiger partial charge in [0.1, 0.15) is 0 Å². The number of hydrogen-bond acceptors (Lipinski definition) is 3. The highest BCUT2D eigenvalue weighted by Gasteiger charge is 2.69. The molecule has 0 N–H and O–H groups in total. The summed E-state index contributed by atoms with van der Waals surface area (Å²) < 4.78 is 19.6. The molecule has 0 aromatic heterocycles. The maximum Gasteiger partial charge on any atom is 0.192 e. The fourth-order valence-electron chi connectivity index (χ4n) is 8.13. The Hall–Kier alpha value is -0.163. The van der Waals surface area contributed by atoms with Crippen molar-refractivity contribution in [3.8, 4) is 0 Å². The van der Waals surface area contributed by atoms with Crippen LogP contribution in [0.3, 0.4) is 0 Å². The Morgan fingerprint density at radius 3 is 2.40 bits per heavy atom. The molecule has 1 aliphatic heterocycles. The Kier molecular flexibility index (Phi) is 4.83. The highest BCUT2D eigenvalue weighted by atomic mass is 28.4. The van der Waals surface area contributed by atoms with Gasteiger partial charge in [-0.05, 0) is 79.3 Å². The Labute approximate surface area is 185 Å². The average molecular weight is 433 g/mol. The van der Waals surface area contributed by atoms with Crippen molar-refractivity contribution in [3.63, 3.8) is 0 Å². The minimum atomic E-state index is -1.81. The van der Waals surface area contributed by atoms with Crippen molar-refractivity contribution < 1.29 is 13.9 Å². The Balaban J connectivity index is 1.48. The van der Waals surface area contributed by atoms with Crippen molar-refractivity contribution in [2.45, 2.75) is 109 Å². The van der Waals surface area contributed by atoms with E-state index in [1.54, 1.807) is 0 Å². The second-order valence-corrected chi connectivity index (χ2v) is 17.8. The van der Waals surface area contributed by atoms with Crippen LogP contribution in [0.15, 0.2) is 12.2 Å². The second-order valence-electron chi connectivity index (χ2n) is 13.1. The van der Waals surface area contributed by atoms with Gasteiger partial charge in [0.2, 0.25) is 0 Å². The molecule has 1 saturated heterocycles. The van der Waals surface area contributed by atoms with E-state index in [0.29, 0.717) is 28.8 Å². The SMILES string of the molecule is C=C1CC[C@]23C[C@H]1[C@H](O[Si](C)(C)C(C)(C)C)[C@@H]2CC[C@@H]1CC2(CC[C@@]13C)OCCO2. The van der Waals surface area contributed by atoms with Crippen LogP contribution in [0.2, 0.25) is 18.1 Å². The van der Waals surface area contributed by atoms with E-state index < -0.39 is 8.32 Å². The monoisotopic (exact) mass is 432 g/mol. The molecule has 0 unspecified atom stereocenters. The van der Waals surface area contributed by atoms with E-state index in [2.05, 4.69) is 47.4 Å². The summed E-state index contributed by atoms with van der Waals surface area (Å²) in [6, 6.07) is 0. The largest absolute Gasteiger partial charge is 0.413 e. The average Bonchev–Trinajstić information content (AvgIpc) is 3.21. The van der Waals surface area contributed by atoms with Gasteiger partial charge in [0.05, 0.1) is 19.3 Å². The Morgan fingerprint density at radius 2 is 1.73 bits per heavy atom. The summed E-state index contributed by atoms with van der Waals surface area (Å²) in [7, 11) is -1.81. The molecule has 0 amide bonds. The van der Waals surface area contributed by atoms with Gasteiger partial charge in [-0.2, -0.15) is 0 Å². The molecule has 4 saturated carbocycles. The normalized spacial score (nSPS) is 45.5. The van der Waals surface area contributed by atoms with Crippen LogP contribution in [0.25, 0.3) is 0 Å². The first kappa shape index (κ1) is 21.7. The summed E-state index contributed by atoms with van der Waals surface area (Å²) in [4.78, 5) is 0. The summed E-state index contributed by atoms with van der Waals surface area (Å²) in [5.41, 5.74) is 2.30. The molecule has 3 nitrogen and oxygen atoms in total. The van der Waals surface area contributed by atoms with Crippen molar-refractivity contribution in [1.29, 1.82) is 0 Å². The first-order chi connectivity index (χ1) is 13.9. The zero-order chi connectivity index (χ0) is 21.6. The predicted molar refractivity (Wildman–Crippen MR) is 124 cm³/mol. The van der Waals surface area contributed by atoms with Gasteiger partial charge >= 0.3 is 0 Å². The molecule has 1 heterocycles. The zero-order valence-electron chi connectivity index (χ0n) is 20.3. The van der Waals surface area contributed by atoms with Crippen LogP contribution in [-0.4, -0.2) is 33.4 Å². The summed E-state index contributed by atoms with van der Waals surface area (Å²) in [5, 5.41) is 0.258. The van der Waals surface area contributed by atoms with Crippen LogP contribution in [0, 0.1) is 28.6 Å². The molecule has 6 atom stereocenters. The number of fused-ring (bicyclic) bond motifs is 2. The molecule has 2 bridgehead atoms. The van der Waals surface area contributed by atoms with Crippen LogP contribution in [0.4, 0.5) is 0 Å². The molecule has 0 aromatic rings. The Bertz CT molecular complexity index is 718. The van der Waals surface area contributed by atoms with Gasteiger partial charge in [0, 0.05) is 18.8 Å². The van der Waals surface area contributed by atoms with Crippen molar-refractivity contribution >= 4 is 8.32 Å². The highest BCUT2D eigenvalue weighted by Crippen LogP contribution is 2.74. The number of ether oxygens (including phenoxy) is 2. The van der Waals surface area contributed by atoms with Gasteiger partial charge in [-0.3, -0.25) is 0 Å². The molecule has 30 heavy (non-hydrogen) atoms. The third-order valence-electron chi connectivity index (χ3n) is 11.0. The van der Waals surface area contributed by atoms with E-state index in [9.17, 15) is 0 Å². The van der Waals surface area contributed by atoms with Crippen LogP contribution in [-0.2, 0) is 13.9 Å². The predicted octanol–water partition coefficient (Wildman–Crippen LogP) is 6.69. The zero-order valence-corrected chi connectivity index (χ0v) is 21.3. The molecule has 4 aliphatic carbocycles. The molecule has 5 rings (SSSR count). The minimum absolute atomic E-state index is 0.258. The molecule has 0 radical (unpaired) electrons. The molecular weight excluding hydrogens is 388 g/mol. The van der Waals surface area contributed by atoms with Crippen LogP contribution >= 0.6 is 0 Å². The third-order valence-corrected chi connectivity index (χ3v) is 15.5. The second kappa shape index (κ2) is 6.68. The first-order valence-corrected chi connectivity index (χ1v) is 15.5. The van der Waals surface area contributed by atoms with E-state index in [4.69, 9.17) is 13.9 Å². The van der Waals surface area contributed by atoms with Gasteiger partial charge in [0.15, 0.2) is 14.1 Å². The lowest BCUT2D eigenvalue weighted by Crippen LogP contribution is -2.58. The standard InChI is InChI=1S/C26H44O3Si/c1-18-10-11-25-17-20(18)22(29-30(6,7)23(2,3)4)21(25)9-8-19-16-26(27-14-15-28-26)13-12-24(19,25)5/h19-22H,1,8-17H2,2-7H3/t19-,20-,21+,22+,24+,25+/m1/s1. The molecule has 5 aliphatic rings. The van der Waals surface area contributed by atoms with Crippen molar-refractivity contribution in [3.05, 3.63) is 12.2 Å². The van der Waals surface area contributed by atoms with Crippen LogP contribution in [0.1, 0.15) is 79.1 Å². The molecule has 2 spiro atoms. The van der Waals surface area contributed by atoms with E-state index in [-0.39, 0.29) is 10.8 Å². The minimum Gasteiger partial charge on any atom is -0.413 e. The topological polar surface area (TPSA) is 27.7 Å². The van der Waals surface area contributed by atoms with E-state index in [1.165, 1.54) is 44.1 Å². The van der Waals surface area contributed by atoms with E-state index in [0.717, 1.165) is 32.0 Å². The van der Waals surface area contributed by atoms with Gasteiger partial charge in [-0.1, -0.05) is 39.8 Å². The van der Waals surface area contributed by atoms with Crippen molar-refractivity contribution in [1.82, 2.24) is 0 Å². The molecular formula is C26H44O3Si. The van der Waals surface area contributed by atoms with Crippen molar-refractivity contribution in [2.75, 3.05) is 13.2 Å². The summed E-state index contributed by atoms with van der Waals surface area (Å²) in [5.74, 6) is 1.74. The number of rotatable bonds is 2. The molecule has 0 aromatic carbocycles. The van der Waals surface area contributed by atoms with Gasteiger partial charge in [-0.25, -0.2) is 0 Å². The quantitative estimate of drug-likeness (QED) is 0.359. The Morgan fingerprint density at radius 1 is 1.03 bits per heavy atom. The summed E-state index contributed by atoms with van der Waals surface area (Å²) >= 11 is 0. The molecule has 5 fully saturated rings. The number of hydrogen-bond donors (Lipinski definition) is 0. The highest BCUT2D eigenvalue weighted by molar-refractivity contribution is 6.74. The summed E-state index contributed by atoms with van der Waals surface area (Å²) in [6.07, 6.45) is 10.3. The van der Waals surface area contributed by atoms with E-state index in [1.807, 2.05) is 0 Å². The summed E-state index contributed by atoms with van der Waals surface area (Å²) in [6.45, 7) is 20.8. The smallest absolute Gasteiger partial charge is 0.192 e. The van der Waals surface area contributed by atoms with Crippen molar-refractivity contribution in [2.24, 2.45) is 28.6 Å². The fourth-order valence-corrected chi connectivity index (χ4v) is 9.49. The van der Waals surface area contributed by atoms with Gasteiger partial charge in [-0.15, -0.1) is 0 Å².